The molecule has 2 N–H and O–H groups in total. The second-order valence-corrected chi connectivity index (χ2v) is 6.24. The second-order valence-electron chi connectivity index (χ2n) is 5.32. The molecule has 0 aliphatic heterocycles. The fourth-order valence-corrected chi connectivity index (χ4v) is 2.91. The van der Waals surface area contributed by atoms with E-state index in [-0.39, 0.29) is 18.1 Å². The maximum atomic E-state index is 12.0. The summed E-state index contributed by atoms with van der Waals surface area (Å²) < 4.78 is 1.00. The highest BCUT2D eigenvalue weighted by Crippen LogP contribution is 2.19. The Balaban J connectivity index is 1.89. The van der Waals surface area contributed by atoms with Gasteiger partial charge in [0.2, 0.25) is 5.91 Å². The molecule has 0 spiro atoms. The molecule has 0 radical (unpaired) electrons. The number of carbonyl (C=O) groups is 1. The molecular formula is C15H20BrNO2. The molecular weight excluding hydrogens is 306 g/mol. The molecule has 1 aliphatic rings. The Morgan fingerprint density at radius 2 is 2.05 bits per heavy atom. The lowest BCUT2D eigenvalue weighted by Crippen LogP contribution is -2.39. The van der Waals surface area contributed by atoms with E-state index in [4.69, 9.17) is 0 Å². The molecule has 1 aliphatic carbocycles. The zero-order valence-corrected chi connectivity index (χ0v) is 12.7. The molecule has 4 heteroatoms. The molecule has 2 rings (SSSR count). The quantitative estimate of drug-likeness (QED) is 0.897. The van der Waals surface area contributed by atoms with E-state index in [0.29, 0.717) is 6.42 Å². The van der Waals surface area contributed by atoms with Crippen molar-refractivity contribution in [3.8, 4) is 0 Å². The molecule has 0 heterocycles. The number of halogens is 1. The Kier molecular flexibility index (Phi) is 4.99. The molecule has 1 amide bonds. The molecule has 3 nitrogen and oxygen atoms in total. The summed E-state index contributed by atoms with van der Waals surface area (Å²) in [4.78, 5) is 12.0. The van der Waals surface area contributed by atoms with Gasteiger partial charge in [0.15, 0.2) is 0 Å². The summed E-state index contributed by atoms with van der Waals surface area (Å²) in [6, 6.07) is 6.23. The van der Waals surface area contributed by atoms with Crippen LogP contribution in [0.3, 0.4) is 0 Å². The van der Waals surface area contributed by atoms with Crippen LogP contribution in [0.5, 0.6) is 0 Å². The van der Waals surface area contributed by atoms with E-state index in [0.717, 1.165) is 41.3 Å². The minimum Gasteiger partial charge on any atom is -0.393 e. The molecule has 1 aromatic carbocycles. The van der Waals surface area contributed by atoms with Crippen LogP contribution in [0.1, 0.15) is 36.8 Å². The molecule has 1 saturated carbocycles. The van der Waals surface area contributed by atoms with Crippen molar-refractivity contribution in [2.75, 3.05) is 0 Å². The molecule has 1 fully saturated rings. The maximum absolute atomic E-state index is 12.0. The van der Waals surface area contributed by atoms with E-state index in [2.05, 4.69) is 21.2 Å². The lowest BCUT2D eigenvalue weighted by molar-refractivity contribution is -0.121. The highest BCUT2D eigenvalue weighted by molar-refractivity contribution is 9.10. The third kappa shape index (κ3) is 4.32. The predicted octanol–water partition coefficient (Wildman–Crippen LogP) is 2.72. The SMILES string of the molecule is Cc1ccc(Br)cc1CC(=O)NC1CCC(O)CC1. The largest absolute Gasteiger partial charge is 0.393 e. The van der Waals surface area contributed by atoms with E-state index < -0.39 is 0 Å². The smallest absolute Gasteiger partial charge is 0.224 e. The zero-order chi connectivity index (χ0) is 13.8. The number of amides is 1. The van der Waals surface area contributed by atoms with Gasteiger partial charge in [-0.25, -0.2) is 0 Å². The number of aliphatic hydroxyl groups excluding tert-OH is 1. The molecule has 0 aromatic heterocycles. The normalized spacial score (nSPS) is 23.1. The first-order valence-electron chi connectivity index (χ1n) is 6.77. The monoisotopic (exact) mass is 325 g/mol. The van der Waals surface area contributed by atoms with Crippen molar-refractivity contribution in [3.63, 3.8) is 0 Å². The topological polar surface area (TPSA) is 49.3 Å². The van der Waals surface area contributed by atoms with Crippen molar-refractivity contribution < 1.29 is 9.90 Å². The first-order valence-corrected chi connectivity index (χ1v) is 7.56. The van der Waals surface area contributed by atoms with Gasteiger partial charge in [-0.2, -0.15) is 0 Å². The van der Waals surface area contributed by atoms with E-state index >= 15 is 0 Å². The van der Waals surface area contributed by atoms with Crippen LogP contribution in [0, 0.1) is 6.92 Å². The third-order valence-electron chi connectivity index (χ3n) is 3.72. The summed E-state index contributed by atoms with van der Waals surface area (Å²) in [5.41, 5.74) is 2.19. The average Bonchev–Trinajstić information content (AvgIpc) is 2.37. The van der Waals surface area contributed by atoms with Gasteiger partial charge in [0.05, 0.1) is 12.5 Å². The van der Waals surface area contributed by atoms with Crippen LogP contribution in [0.4, 0.5) is 0 Å². The summed E-state index contributed by atoms with van der Waals surface area (Å²) >= 11 is 3.43. The summed E-state index contributed by atoms with van der Waals surface area (Å²) in [6.45, 7) is 2.02. The average molecular weight is 326 g/mol. The summed E-state index contributed by atoms with van der Waals surface area (Å²) in [6.07, 6.45) is 3.58. The molecule has 104 valence electrons. The van der Waals surface area contributed by atoms with Crippen molar-refractivity contribution in [1.82, 2.24) is 5.32 Å². The van der Waals surface area contributed by atoms with Crippen molar-refractivity contribution in [2.45, 2.75) is 51.2 Å². The molecule has 0 bridgehead atoms. The van der Waals surface area contributed by atoms with Gasteiger partial charge >= 0.3 is 0 Å². The van der Waals surface area contributed by atoms with E-state index in [1.54, 1.807) is 0 Å². The molecule has 0 atom stereocenters. The van der Waals surface area contributed by atoms with Crippen LogP contribution in [0.15, 0.2) is 22.7 Å². The van der Waals surface area contributed by atoms with Gasteiger partial charge < -0.3 is 10.4 Å². The minimum absolute atomic E-state index is 0.0718. The van der Waals surface area contributed by atoms with Crippen LogP contribution in [-0.4, -0.2) is 23.2 Å². The lowest BCUT2D eigenvalue weighted by atomic mass is 9.93. The van der Waals surface area contributed by atoms with Crippen LogP contribution in [0.25, 0.3) is 0 Å². The Hall–Kier alpha value is -0.870. The zero-order valence-electron chi connectivity index (χ0n) is 11.2. The fraction of sp³-hybridized carbons (Fsp3) is 0.533. The Bertz CT molecular complexity index is 453. The first-order chi connectivity index (χ1) is 9.04. The van der Waals surface area contributed by atoms with E-state index in [9.17, 15) is 9.90 Å². The van der Waals surface area contributed by atoms with E-state index in [1.165, 1.54) is 0 Å². The number of carbonyl (C=O) groups excluding carboxylic acids is 1. The van der Waals surface area contributed by atoms with Gasteiger partial charge in [-0.3, -0.25) is 4.79 Å². The summed E-state index contributed by atoms with van der Waals surface area (Å²) in [5.74, 6) is 0.0718. The number of rotatable bonds is 3. The fourth-order valence-electron chi connectivity index (χ4n) is 2.50. The van der Waals surface area contributed by atoms with Gasteiger partial charge in [0.25, 0.3) is 0 Å². The minimum atomic E-state index is -0.180. The van der Waals surface area contributed by atoms with Gasteiger partial charge in [-0.15, -0.1) is 0 Å². The molecule has 1 aromatic rings. The predicted molar refractivity (Wildman–Crippen MR) is 79.0 cm³/mol. The number of hydrogen-bond acceptors (Lipinski definition) is 2. The summed E-state index contributed by atoms with van der Waals surface area (Å²) in [5, 5.41) is 12.5. The Morgan fingerprint density at radius 1 is 1.37 bits per heavy atom. The van der Waals surface area contributed by atoms with Crippen LogP contribution < -0.4 is 5.32 Å². The lowest BCUT2D eigenvalue weighted by Gasteiger charge is -2.26. The van der Waals surface area contributed by atoms with Gasteiger partial charge in [-0.1, -0.05) is 22.0 Å². The van der Waals surface area contributed by atoms with Crippen molar-refractivity contribution in [2.24, 2.45) is 0 Å². The highest BCUT2D eigenvalue weighted by Gasteiger charge is 2.20. The second kappa shape index (κ2) is 6.53. The van der Waals surface area contributed by atoms with Crippen LogP contribution >= 0.6 is 15.9 Å². The van der Waals surface area contributed by atoms with Crippen LogP contribution in [0.2, 0.25) is 0 Å². The third-order valence-corrected chi connectivity index (χ3v) is 4.22. The first kappa shape index (κ1) is 14.5. The van der Waals surface area contributed by atoms with Crippen LogP contribution in [-0.2, 0) is 11.2 Å². The number of benzene rings is 1. The number of aliphatic hydroxyl groups is 1. The number of aryl methyl sites for hydroxylation is 1. The van der Waals surface area contributed by atoms with Gasteiger partial charge in [0.1, 0.15) is 0 Å². The summed E-state index contributed by atoms with van der Waals surface area (Å²) in [7, 11) is 0. The van der Waals surface area contributed by atoms with Gasteiger partial charge in [-0.05, 0) is 55.9 Å². The Labute approximate surface area is 122 Å². The van der Waals surface area contributed by atoms with Crippen molar-refractivity contribution in [1.29, 1.82) is 0 Å². The standard InChI is InChI=1S/C15H20BrNO2/c1-10-2-3-12(16)8-11(10)9-15(19)17-13-4-6-14(18)7-5-13/h2-3,8,13-14,18H,4-7,9H2,1H3,(H,17,19). The van der Waals surface area contributed by atoms with Gasteiger partial charge in [0, 0.05) is 10.5 Å². The maximum Gasteiger partial charge on any atom is 0.224 e. The number of hydrogen-bond donors (Lipinski definition) is 2. The number of nitrogens with one attached hydrogen (secondary N) is 1. The van der Waals surface area contributed by atoms with Crippen molar-refractivity contribution >= 4 is 21.8 Å². The highest BCUT2D eigenvalue weighted by atomic mass is 79.9. The Morgan fingerprint density at radius 3 is 2.74 bits per heavy atom. The molecule has 19 heavy (non-hydrogen) atoms. The molecule has 0 unspecified atom stereocenters. The molecule has 0 saturated heterocycles. The van der Waals surface area contributed by atoms with Crippen molar-refractivity contribution in [3.05, 3.63) is 33.8 Å². The van der Waals surface area contributed by atoms with E-state index in [1.807, 2.05) is 25.1 Å².